The van der Waals surface area contributed by atoms with Crippen LogP contribution >= 0.6 is 11.3 Å². The van der Waals surface area contributed by atoms with Gasteiger partial charge >= 0.3 is 0 Å². The molecule has 0 radical (unpaired) electrons. The minimum absolute atomic E-state index is 0.0755. The Balaban J connectivity index is 1.96. The molecule has 0 bridgehead atoms. The SMILES string of the molecule is CC1CCc2c(sc3nc(-c4ncn[nH]4)[nH]c(=O)c23)C1. The van der Waals surface area contributed by atoms with Gasteiger partial charge in [-0.05, 0) is 30.7 Å². The van der Waals surface area contributed by atoms with Gasteiger partial charge in [0, 0.05) is 4.88 Å². The second-order valence-corrected chi connectivity index (χ2v) is 6.36. The van der Waals surface area contributed by atoms with Crippen LogP contribution in [0.3, 0.4) is 0 Å². The molecule has 0 saturated carbocycles. The van der Waals surface area contributed by atoms with Gasteiger partial charge in [0.05, 0.1) is 5.39 Å². The summed E-state index contributed by atoms with van der Waals surface area (Å²) in [6, 6.07) is 0. The molecule has 7 heteroatoms. The number of aryl methyl sites for hydroxylation is 1. The van der Waals surface area contributed by atoms with Gasteiger partial charge in [0.1, 0.15) is 11.2 Å². The Morgan fingerprint density at radius 2 is 2.30 bits per heavy atom. The van der Waals surface area contributed by atoms with Crippen LogP contribution in [0.25, 0.3) is 21.9 Å². The molecule has 0 spiro atoms. The lowest BCUT2D eigenvalue weighted by Gasteiger charge is -2.17. The van der Waals surface area contributed by atoms with E-state index in [-0.39, 0.29) is 5.56 Å². The maximum atomic E-state index is 12.4. The molecule has 6 nitrogen and oxygen atoms in total. The largest absolute Gasteiger partial charge is 0.303 e. The molecule has 0 aliphatic heterocycles. The lowest BCUT2D eigenvalue weighted by molar-refractivity contribution is 0.509. The standard InChI is InChI=1S/C13H13N5OS/c1-6-2-3-7-8(4-6)20-13-9(7)12(19)16-11(17-13)10-14-5-15-18-10/h5-6H,2-4H2,1H3,(H,14,15,18)(H,16,17,19). The van der Waals surface area contributed by atoms with E-state index in [1.807, 2.05) is 0 Å². The van der Waals surface area contributed by atoms with Gasteiger partial charge in [-0.15, -0.1) is 11.3 Å². The minimum atomic E-state index is -0.0755. The maximum Gasteiger partial charge on any atom is 0.260 e. The van der Waals surface area contributed by atoms with E-state index in [2.05, 4.69) is 32.1 Å². The zero-order valence-corrected chi connectivity index (χ0v) is 11.8. The van der Waals surface area contributed by atoms with Crippen molar-refractivity contribution in [3.8, 4) is 11.6 Å². The smallest absolute Gasteiger partial charge is 0.260 e. The van der Waals surface area contributed by atoms with Crippen molar-refractivity contribution in [1.82, 2.24) is 25.1 Å². The summed E-state index contributed by atoms with van der Waals surface area (Å²) in [6.07, 6.45) is 4.57. The van der Waals surface area contributed by atoms with E-state index in [4.69, 9.17) is 0 Å². The van der Waals surface area contributed by atoms with Crippen LogP contribution < -0.4 is 5.56 Å². The van der Waals surface area contributed by atoms with E-state index in [0.29, 0.717) is 17.6 Å². The summed E-state index contributed by atoms with van der Waals surface area (Å²) in [5, 5.41) is 7.28. The van der Waals surface area contributed by atoms with E-state index < -0.39 is 0 Å². The summed E-state index contributed by atoms with van der Waals surface area (Å²) >= 11 is 1.64. The van der Waals surface area contributed by atoms with Gasteiger partial charge in [-0.25, -0.2) is 9.97 Å². The van der Waals surface area contributed by atoms with Crippen LogP contribution in [0.2, 0.25) is 0 Å². The highest BCUT2D eigenvalue weighted by Crippen LogP contribution is 2.35. The van der Waals surface area contributed by atoms with Crippen LogP contribution in [-0.4, -0.2) is 25.1 Å². The van der Waals surface area contributed by atoms with Crippen molar-refractivity contribution in [2.45, 2.75) is 26.2 Å². The normalized spacial score (nSPS) is 18.4. The molecule has 0 fully saturated rings. The molecule has 1 aliphatic carbocycles. The van der Waals surface area contributed by atoms with Crippen molar-refractivity contribution in [3.05, 3.63) is 27.1 Å². The number of rotatable bonds is 1. The van der Waals surface area contributed by atoms with Crippen LogP contribution in [0.1, 0.15) is 23.8 Å². The van der Waals surface area contributed by atoms with E-state index >= 15 is 0 Å². The van der Waals surface area contributed by atoms with Crippen molar-refractivity contribution < 1.29 is 0 Å². The third-order valence-electron chi connectivity index (χ3n) is 3.80. The molecule has 0 saturated heterocycles. The summed E-state index contributed by atoms with van der Waals surface area (Å²) in [7, 11) is 0. The molecule has 1 unspecified atom stereocenters. The molecule has 20 heavy (non-hydrogen) atoms. The summed E-state index contributed by atoms with van der Waals surface area (Å²) in [5.41, 5.74) is 1.12. The molecule has 3 aromatic rings. The number of thiophene rings is 1. The minimum Gasteiger partial charge on any atom is -0.303 e. The average Bonchev–Trinajstić information content (AvgIpc) is 3.04. The van der Waals surface area contributed by atoms with Crippen molar-refractivity contribution >= 4 is 21.6 Å². The molecule has 0 amide bonds. The molecular weight excluding hydrogens is 274 g/mol. The van der Waals surface area contributed by atoms with E-state index in [1.165, 1.54) is 16.8 Å². The van der Waals surface area contributed by atoms with Crippen molar-refractivity contribution in [1.29, 1.82) is 0 Å². The van der Waals surface area contributed by atoms with Crippen LogP contribution in [0.4, 0.5) is 0 Å². The molecule has 1 atom stereocenters. The molecule has 4 rings (SSSR count). The highest BCUT2D eigenvalue weighted by Gasteiger charge is 2.23. The van der Waals surface area contributed by atoms with Gasteiger partial charge in [0.2, 0.25) is 0 Å². The van der Waals surface area contributed by atoms with Crippen LogP contribution in [0, 0.1) is 5.92 Å². The molecule has 2 N–H and O–H groups in total. The maximum absolute atomic E-state index is 12.4. The highest BCUT2D eigenvalue weighted by molar-refractivity contribution is 7.18. The average molecular weight is 287 g/mol. The first-order valence-electron chi connectivity index (χ1n) is 6.62. The quantitative estimate of drug-likeness (QED) is 0.715. The zero-order valence-electron chi connectivity index (χ0n) is 10.9. The third kappa shape index (κ3) is 1.70. The van der Waals surface area contributed by atoms with E-state index in [9.17, 15) is 4.79 Å². The third-order valence-corrected chi connectivity index (χ3v) is 4.95. The number of nitrogens with zero attached hydrogens (tertiary/aromatic N) is 3. The number of fused-ring (bicyclic) bond motifs is 3. The Morgan fingerprint density at radius 3 is 3.10 bits per heavy atom. The number of H-pyrrole nitrogens is 2. The van der Waals surface area contributed by atoms with Gasteiger partial charge in [0.25, 0.3) is 5.56 Å². The fourth-order valence-corrected chi connectivity index (χ4v) is 4.16. The fourth-order valence-electron chi connectivity index (χ4n) is 2.78. The van der Waals surface area contributed by atoms with Crippen molar-refractivity contribution in [3.63, 3.8) is 0 Å². The lowest BCUT2D eigenvalue weighted by atomic mass is 9.89. The van der Waals surface area contributed by atoms with Gasteiger partial charge < -0.3 is 4.98 Å². The van der Waals surface area contributed by atoms with E-state index in [0.717, 1.165) is 29.5 Å². The summed E-state index contributed by atoms with van der Waals surface area (Å²) in [4.78, 5) is 25.9. The highest BCUT2D eigenvalue weighted by atomic mass is 32.1. The van der Waals surface area contributed by atoms with Crippen molar-refractivity contribution in [2.24, 2.45) is 5.92 Å². The zero-order chi connectivity index (χ0) is 13.7. The molecular formula is C13H13N5OS. The van der Waals surface area contributed by atoms with Gasteiger partial charge in [-0.3, -0.25) is 9.89 Å². The monoisotopic (exact) mass is 287 g/mol. The lowest BCUT2D eigenvalue weighted by Crippen LogP contribution is -2.13. The molecule has 3 aromatic heterocycles. The Morgan fingerprint density at radius 1 is 1.40 bits per heavy atom. The Kier molecular flexibility index (Phi) is 2.50. The molecule has 3 heterocycles. The topological polar surface area (TPSA) is 87.3 Å². The van der Waals surface area contributed by atoms with E-state index in [1.54, 1.807) is 11.3 Å². The number of nitrogens with one attached hydrogen (secondary N) is 2. The summed E-state index contributed by atoms with van der Waals surface area (Å²) in [5.74, 6) is 1.62. The first-order chi connectivity index (χ1) is 9.72. The van der Waals surface area contributed by atoms with Gasteiger partial charge in [-0.2, -0.15) is 5.10 Å². The van der Waals surface area contributed by atoms with Gasteiger partial charge in [0.15, 0.2) is 11.6 Å². The predicted molar refractivity (Wildman–Crippen MR) is 76.8 cm³/mol. The second kappa shape index (κ2) is 4.24. The fraction of sp³-hybridized carbons (Fsp3) is 0.385. The Bertz CT molecular complexity index is 832. The first kappa shape index (κ1) is 11.8. The molecule has 0 aromatic carbocycles. The Labute approximate surface area is 118 Å². The molecule has 1 aliphatic rings. The van der Waals surface area contributed by atoms with Crippen molar-refractivity contribution in [2.75, 3.05) is 0 Å². The van der Waals surface area contributed by atoms with Gasteiger partial charge in [-0.1, -0.05) is 6.92 Å². The second-order valence-electron chi connectivity index (χ2n) is 5.28. The van der Waals surface area contributed by atoms with Crippen LogP contribution in [0.5, 0.6) is 0 Å². The number of aromatic nitrogens is 5. The number of hydrogen-bond donors (Lipinski definition) is 2. The summed E-state index contributed by atoms with van der Waals surface area (Å²) in [6.45, 7) is 2.25. The first-order valence-corrected chi connectivity index (χ1v) is 7.44. The molecule has 102 valence electrons. The number of aromatic amines is 2. The summed E-state index contributed by atoms with van der Waals surface area (Å²) < 4.78 is 0. The number of hydrogen-bond acceptors (Lipinski definition) is 5. The van der Waals surface area contributed by atoms with Crippen LogP contribution in [0.15, 0.2) is 11.1 Å². The van der Waals surface area contributed by atoms with Crippen LogP contribution in [-0.2, 0) is 12.8 Å². The Hall–Kier alpha value is -2.02. The predicted octanol–water partition coefficient (Wildman–Crippen LogP) is 1.89.